The zero-order valence-corrected chi connectivity index (χ0v) is 21.0. The Morgan fingerprint density at radius 1 is 1.31 bits per heavy atom. The summed E-state index contributed by atoms with van der Waals surface area (Å²) in [7, 11) is 0.905. The molecule has 2 rings (SSSR count). The van der Waals surface area contributed by atoms with Crippen molar-refractivity contribution in [3.63, 3.8) is 0 Å². The molecule has 0 bridgehead atoms. The van der Waals surface area contributed by atoms with E-state index in [0.29, 0.717) is 11.8 Å². The molecule has 0 aromatic heterocycles. The smallest absolute Gasteiger partial charge is 0.431 e. The van der Waals surface area contributed by atoms with Crippen LogP contribution in [0.3, 0.4) is 0 Å². The molecule has 194 valence electrons. The fourth-order valence-electron chi connectivity index (χ4n) is 3.88. The van der Waals surface area contributed by atoms with Gasteiger partial charge in [-0.15, -0.1) is 0 Å². The van der Waals surface area contributed by atoms with E-state index >= 15 is 0 Å². The van der Waals surface area contributed by atoms with Crippen molar-refractivity contribution >= 4 is 33.6 Å². The van der Waals surface area contributed by atoms with Gasteiger partial charge in [-0.25, -0.2) is 4.79 Å². The minimum Gasteiger partial charge on any atom is -0.493 e. The van der Waals surface area contributed by atoms with E-state index < -0.39 is 57.9 Å². The standard InChI is InChI=1S/C22H26BrF3N2O7/c1-4-34-20(30)21(2)12-27-18(22(24,25)26)16(19(29)33-3)17(21)14-11-13(28(31)32)7-8-15(14)35-10-6-5-9-23/h7-8,11,17,27H,4-6,9-10,12H2,1-3H3. The molecule has 2 atom stereocenters. The maximum atomic E-state index is 14.0. The maximum Gasteiger partial charge on any atom is 0.431 e. The quantitative estimate of drug-likeness (QED) is 0.146. The first-order valence-electron chi connectivity index (χ1n) is 10.7. The summed E-state index contributed by atoms with van der Waals surface area (Å²) in [5.74, 6) is -3.85. The summed E-state index contributed by atoms with van der Waals surface area (Å²) < 4.78 is 57.5. The number of rotatable bonds is 10. The molecule has 0 amide bonds. The highest BCUT2D eigenvalue weighted by Gasteiger charge is 2.56. The number of hydrogen-bond acceptors (Lipinski definition) is 8. The summed E-state index contributed by atoms with van der Waals surface area (Å²) in [6, 6.07) is 3.40. The lowest BCUT2D eigenvalue weighted by Crippen LogP contribution is -2.52. The van der Waals surface area contributed by atoms with Crippen molar-refractivity contribution in [2.75, 3.05) is 32.2 Å². The number of allylic oxidation sites excluding steroid dienone is 1. The first-order valence-corrected chi connectivity index (χ1v) is 11.8. The number of nitro benzene ring substituents is 1. The number of hydrogen-bond donors (Lipinski definition) is 1. The van der Waals surface area contributed by atoms with Gasteiger partial charge in [0, 0.05) is 35.5 Å². The van der Waals surface area contributed by atoms with Crippen molar-refractivity contribution in [2.24, 2.45) is 5.41 Å². The van der Waals surface area contributed by atoms with Crippen molar-refractivity contribution in [1.82, 2.24) is 5.32 Å². The molecule has 0 saturated heterocycles. The number of esters is 2. The van der Waals surface area contributed by atoms with Crippen LogP contribution < -0.4 is 10.1 Å². The summed E-state index contributed by atoms with van der Waals surface area (Å²) in [6.07, 6.45) is -3.69. The zero-order chi connectivity index (χ0) is 26.4. The zero-order valence-electron chi connectivity index (χ0n) is 19.4. The van der Waals surface area contributed by atoms with Gasteiger partial charge >= 0.3 is 18.1 Å². The predicted molar refractivity (Wildman–Crippen MR) is 122 cm³/mol. The SMILES string of the molecule is CCOC(=O)C1(C)CNC(C(F)(F)F)=C(C(=O)OC)C1c1cc([N+](=O)[O-])ccc1OCCCCBr. The maximum absolute atomic E-state index is 14.0. The van der Waals surface area contributed by atoms with E-state index in [-0.39, 0.29) is 24.5 Å². The van der Waals surface area contributed by atoms with E-state index in [2.05, 4.69) is 26.0 Å². The van der Waals surface area contributed by atoms with Crippen LogP contribution in [0.5, 0.6) is 5.75 Å². The van der Waals surface area contributed by atoms with Crippen LogP contribution in [0.4, 0.5) is 18.9 Å². The topological polar surface area (TPSA) is 117 Å². The van der Waals surface area contributed by atoms with E-state index in [9.17, 15) is 32.9 Å². The number of nitro groups is 1. The molecule has 1 aliphatic rings. The van der Waals surface area contributed by atoms with Crippen LogP contribution in [0.15, 0.2) is 29.5 Å². The predicted octanol–water partition coefficient (Wildman–Crippen LogP) is 4.39. The van der Waals surface area contributed by atoms with Gasteiger partial charge in [-0.2, -0.15) is 13.2 Å². The Labute approximate surface area is 208 Å². The number of halogens is 4. The van der Waals surface area contributed by atoms with Gasteiger partial charge in [-0.3, -0.25) is 14.9 Å². The molecule has 35 heavy (non-hydrogen) atoms. The van der Waals surface area contributed by atoms with Crippen molar-refractivity contribution in [3.8, 4) is 5.75 Å². The van der Waals surface area contributed by atoms with Gasteiger partial charge in [0.25, 0.3) is 5.69 Å². The third-order valence-corrected chi connectivity index (χ3v) is 6.12. The molecule has 0 fully saturated rings. The van der Waals surface area contributed by atoms with Gasteiger partial charge in [-0.05, 0) is 32.8 Å². The monoisotopic (exact) mass is 566 g/mol. The van der Waals surface area contributed by atoms with Crippen LogP contribution in [0.25, 0.3) is 0 Å². The fourth-order valence-corrected chi connectivity index (χ4v) is 4.28. The molecule has 1 N–H and O–H groups in total. The Morgan fingerprint density at radius 2 is 2.00 bits per heavy atom. The van der Waals surface area contributed by atoms with Gasteiger partial charge < -0.3 is 19.5 Å². The van der Waals surface area contributed by atoms with Gasteiger partial charge in [0.1, 0.15) is 11.4 Å². The molecule has 9 nitrogen and oxygen atoms in total. The van der Waals surface area contributed by atoms with Crippen LogP contribution in [-0.2, 0) is 19.1 Å². The number of nitrogens with one attached hydrogen (secondary N) is 1. The van der Waals surface area contributed by atoms with Gasteiger partial charge in [0.05, 0.1) is 36.2 Å². The lowest BCUT2D eigenvalue weighted by atomic mass is 9.66. The highest BCUT2D eigenvalue weighted by atomic mass is 79.9. The Balaban J connectivity index is 2.87. The third kappa shape index (κ3) is 6.24. The van der Waals surface area contributed by atoms with E-state index in [1.54, 1.807) is 0 Å². The van der Waals surface area contributed by atoms with Crippen molar-refractivity contribution < 1.29 is 41.9 Å². The summed E-state index contributed by atoms with van der Waals surface area (Å²) in [5, 5.41) is 14.4. The van der Waals surface area contributed by atoms with Crippen molar-refractivity contribution in [3.05, 3.63) is 45.1 Å². The molecular formula is C22H26BrF3N2O7. The average molecular weight is 567 g/mol. The molecule has 1 aromatic carbocycles. The number of non-ortho nitro benzene ring substituents is 1. The molecule has 0 radical (unpaired) electrons. The molecule has 2 unspecified atom stereocenters. The summed E-state index contributed by atoms with van der Waals surface area (Å²) in [6.45, 7) is 2.37. The van der Waals surface area contributed by atoms with Crippen LogP contribution >= 0.6 is 15.9 Å². The number of alkyl halides is 4. The molecule has 13 heteroatoms. The molecule has 0 aliphatic carbocycles. The number of nitrogens with zero attached hydrogens (tertiary/aromatic N) is 1. The summed E-state index contributed by atoms with van der Waals surface area (Å²) in [5.41, 5.74) is -4.63. The number of carbonyl (C=O) groups excluding carboxylic acids is 2. The molecule has 0 spiro atoms. The number of benzene rings is 1. The first kappa shape index (κ1) is 28.4. The van der Waals surface area contributed by atoms with E-state index in [4.69, 9.17) is 9.47 Å². The molecular weight excluding hydrogens is 541 g/mol. The Kier molecular flexibility index (Phi) is 9.52. The lowest BCUT2D eigenvalue weighted by molar-refractivity contribution is -0.385. The largest absolute Gasteiger partial charge is 0.493 e. The van der Waals surface area contributed by atoms with Crippen molar-refractivity contribution in [2.45, 2.75) is 38.8 Å². The lowest BCUT2D eigenvalue weighted by Gasteiger charge is -2.42. The average Bonchev–Trinajstić information content (AvgIpc) is 2.80. The number of ether oxygens (including phenoxy) is 3. The molecule has 1 aliphatic heterocycles. The molecule has 0 saturated carbocycles. The van der Waals surface area contributed by atoms with E-state index in [1.807, 2.05) is 0 Å². The second-order valence-corrected chi connectivity index (χ2v) is 8.72. The van der Waals surface area contributed by atoms with Crippen molar-refractivity contribution in [1.29, 1.82) is 0 Å². The third-order valence-electron chi connectivity index (χ3n) is 5.56. The van der Waals surface area contributed by atoms with Gasteiger partial charge in [-0.1, -0.05) is 15.9 Å². The van der Waals surface area contributed by atoms with Crippen LogP contribution in [-0.4, -0.2) is 55.2 Å². The number of methoxy groups -OCH3 is 1. The Hall–Kier alpha value is -2.83. The fraction of sp³-hybridized carbons (Fsp3) is 0.545. The minimum atomic E-state index is -5.00. The van der Waals surface area contributed by atoms with Gasteiger partial charge in [0.2, 0.25) is 0 Å². The van der Waals surface area contributed by atoms with E-state index in [1.165, 1.54) is 19.9 Å². The second-order valence-electron chi connectivity index (χ2n) is 7.93. The number of carbonyl (C=O) groups is 2. The highest BCUT2D eigenvalue weighted by molar-refractivity contribution is 9.09. The summed E-state index contributed by atoms with van der Waals surface area (Å²) >= 11 is 3.29. The minimum absolute atomic E-state index is 0.00974. The van der Waals surface area contributed by atoms with E-state index in [0.717, 1.165) is 25.7 Å². The molecule has 1 heterocycles. The Morgan fingerprint density at radius 3 is 2.54 bits per heavy atom. The number of unbranched alkanes of at least 4 members (excludes halogenated alkanes) is 1. The molecule has 1 aromatic rings. The van der Waals surface area contributed by atoms with Crippen LogP contribution in [0.2, 0.25) is 0 Å². The summed E-state index contributed by atoms with van der Waals surface area (Å²) in [4.78, 5) is 36.6. The first-order chi connectivity index (χ1) is 16.4. The Bertz CT molecular complexity index is 1000. The van der Waals surface area contributed by atoms with Crippen LogP contribution in [0.1, 0.15) is 38.2 Å². The highest BCUT2D eigenvalue weighted by Crippen LogP contribution is 2.51. The van der Waals surface area contributed by atoms with Gasteiger partial charge in [0.15, 0.2) is 0 Å². The second kappa shape index (κ2) is 11.7. The van der Waals surface area contributed by atoms with Crippen LogP contribution in [0, 0.1) is 15.5 Å². The normalized spacial score (nSPS) is 20.1.